The van der Waals surface area contributed by atoms with Crippen LogP contribution in [-0.4, -0.2) is 14.9 Å². The molecule has 0 fully saturated rings. The molecule has 1 N–H and O–H groups in total. The molecule has 0 radical (unpaired) electrons. The number of aromatic nitrogens is 2. The first-order chi connectivity index (χ1) is 8.16. The summed E-state index contributed by atoms with van der Waals surface area (Å²) in [6.45, 7) is 1.98. The highest BCUT2D eigenvalue weighted by Crippen LogP contribution is 2.12. The molecular formula is C13H14N2O2. The Kier molecular flexibility index (Phi) is 3.35. The molecule has 17 heavy (non-hydrogen) atoms. The van der Waals surface area contributed by atoms with Gasteiger partial charge in [-0.3, -0.25) is 4.79 Å². The summed E-state index contributed by atoms with van der Waals surface area (Å²) in [5.41, 5.74) is 1.40. The summed E-state index contributed by atoms with van der Waals surface area (Å²) in [4.78, 5) is 11.6. The molecule has 0 saturated carbocycles. The van der Waals surface area contributed by atoms with Crippen LogP contribution in [-0.2, 0) is 6.54 Å². The Balaban J connectivity index is 2.19. The molecule has 0 saturated heterocycles. The minimum atomic E-state index is -0.718. The van der Waals surface area contributed by atoms with E-state index in [1.807, 2.05) is 37.3 Å². The Morgan fingerprint density at radius 1 is 1.35 bits per heavy atom. The van der Waals surface area contributed by atoms with Crippen molar-refractivity contribution in [1.29, 1.82) is 0 Å². The van der Waals surface area contributed by atoms with Crippen molar-refractivity contribution in [3.63, 3.8) is 0 Å². The Hall–Kier alpha value is -1.94. The summed E-state index contributed by atoms with van der Waals surface area (Å²) in [6, 6.07) is 10.7. The van der Waals surface area contributed by atoms with Crippen molar-refractivity contribution in [2.75, 3.05) is 0 Å². The normalized spacial score (nSPS) is 12.4. The van der Waals surface area contributed by atoms with Crippen LogP contribution in [0.5, 0.6) is 0 Å². The second kappa shape index (κ2) is 4.93. The quantitative estimate of drug-likeness (QED) is 0.864. The van der Waals surface area contributed by atoms with E-state index >= 15 is 0 Å². The van der Waals surface area contributed by atoms with Crippen molar-refractivity contribution in [3.8, 4) is 0 Å². The lowest BCUT2D eigenvalue weighted by atomic mass is 10.1. The van der Waals surface area contributed by atoms with Crippen LogP contribution in [0.2, 0.25) is 0 Å². The fourth-order valence-electron chi connectivity index (χ4n) is 1.61. The molecule has 0 amide bonds. The molecular weight excluding hydrogens is 216 g/mol. The lowest BCUT2D eigenvalue weighted by Crippen LogP contribution is -2.25. The van der Waals surface area contributed by atoms with Crippen molar-refractivity contribution in [3.05, 3.63) is 64.1 Å². The Morgan fingerprint density at radius 3 is 2.71 bits per heavy atom. The zero-order chi connectivity index (χ0) is 12.3. The molecule has 2 aromatic rings. The topological polar surface area (TPSA) is 55.1 Å². The molecule has 0 aliphatic carbocycles. The highest BCUT2D eigenvalue weighted by atomic mass is 16.3. The number of hydrogen-bond acceptors (Lipinski definition) is 3. The van der Waals surface area contributed by atoms with E-state index in [2.05, 4.69) is 5.10 Å². The minimum Gasteiger partial charge on any atom is -0.386 e. The van der Waals surface area contributed by atoms with Gasteiger partial charge < -0.3 is 5.11 Å². The van der Waals surface area contributed by atoms with Gasteiger partial charge in [-0.1, -0.05) is 30.3 Å². The summed E-state index contributed by atoms with van der Waals surface area (Å²) < 4.78 is 1.27. The second-order valence-corrected chi connectivity index (χ2v) is 3.98. The maximum absolute atomic E-state index is 11.6. The maximum Gasteiger partial charge on any atom is 0.267 e. The van der Waals surface area contributed by atoms with Gasteiger partial charge in [0.15, 0.2) is 0 Å². The van der Waals surface area contributed by atoms with Gasteiger partial charge in [0.2, 0.25) is 0 Å². The van der Waals surface area contributed by atoms with Crippen LogP contribution in [0, 0.1) is 6.92 Å². The van der Waals surface area contributed by atoms with Gasteiger partial charge in [0.1, 0.15) is 0 Å². The molecule has 1 heterocycles. The SMILES string of the molecule is Cc1cnn(CC(O)c2ccccc2)c(=O)c1. The van der Waals surface area contributed by atoms with E-state index in [0.29, 0.717) is 0 Å². The van der Waals surface area contributed by atoms with Crippen molar-refractivity contribution >= 4 is 0 Å². The predicted octanol–water partition coefficient (Wildman–Crippen LogP) is 1.29. The molecule has 4 nitrogen and oxygen atoms in total. The van der Waals surface area contributed by atoms with Gasteiger partial charge in [-0.15, -0.1) is 0 Å². The van der Waals surface area contributed by atoms with E-state index in [4.69, 9.17) is 0 Å². The van der Waals surface area contributed by atoms with E-state index in [-0.39, 0.29) is 12.1 Å². The van der Waals surface area contributed by atoms with Gasteiger partial charge in [0.05, 0.1) is 18.8 Å². The third-order valence-electron chi connectivity index (χ3n) is 2.54. The van der Waals surface area contributed by atoms with Gasteiger partial charge in [0, 0.05) is 6.07 Å². The summed E-state index contributed by atoms with van der Waals surface area (Å²) in [5.74, 6) is 0. The summed E-state index contributed by atoms with van der Waals surface area (Å²) >= 11 is 0. The van der Waals surface area contributed by atoms with Crippen molar-refractivity contribution in [2.24, 2.45) is 0 Å². The first-order valence-corrected chi connectivity index (χ1v) is 5.43. The molecule has 88 valence electrons. The first kappa shape index (κ1) is 11.5. The molecule has 1 unspecified atom stereocenters. The largest absolute Gasteiger partial charge is 0.386 e. The molecule has 0 bridgehead atoms. The molecule has 0 spiro atoms. The number of rotatable bonds is 3. The first-order valence-electron chi connectivity index (χ1n) is 5.43. The van der Waals surface area contributed by atoms with Crippen LogP contribution in [0.4, 0.5) is 0 Å². The second-order valence-electron chi connectivity index (χ2n) is 3.98. The Labute approximate surface area is 99.2 Å². The van der Waals surface area contributed by atoms with Crippen molar-refractivity contribution in [2.45, 2.75) is 19.6 Å². The van der Waals surface area contributed by atoms with E-state index in [0.717, 1.165) is 11.1 Å². The minimum absolute atomic E-state index is 0.170. The third kappa shape index (κ3) is 2.79. The number of benzene rings is 1. The number of aryl methyl sites for hydroxylation is 1. The van der Waals surface area contributed by atoms with Gasteiger partial charge in [0.25, 0.3) is 5.56 Å². The molecule has 1 aromatic heterocycles. The highest BCUT2D eigenvalue weighted by molar-refractivity contribution is 5.17. The fraction of sp³-hybridized carbons (Fsp3) is 0.231. The fourth-order valence-corrected chi connectivity index (χ4v) is 1.61. The van der Waals surface area contributed by atoms with Crippen LogP contribution in [0.1, 0.15) is 17.2 Å². The van der Waals surface area contributed by atoms with E-state index < -0.39 is 6.10 Å². The summed E-state index contributed by atoms with van der Waals surface area (Å²) in [6.07, 6.45) is 0.892. The molecule has 4 heteroatoms. The zero-order valence-electron chi connectivity index (χ0n) is 9.58. The van der Waals surface area contributed by atoms with E-state index in [1.54, 1.807) is 6.20 Å². The number of nitrogens with zero attached hydrogens (tertiary/aromatic N) is 2. The zero-order valence-corrected chi connectivity index (χ0v) is 9.58. The van der Waals surface area contributed by atoms with E-state index in [1.165, 1.54) is 10.7 Å². The predicted molar refractivity (Wildman–Crippen MR) is 64.6 cm³/mol. The average molecular weight is 230 g/mol. The smallest absolute Gasteiger partial charge is 0.267 e. The van der Waals surface area contributed by atoms with Crippen LogP contribution < -0.4 is 5.56 Å². The number of hydrogen-bond donors (Lipinski definition) is 1. The maximum atomic E-state index is 11.6. The number of aliphatic hydroxyl groups is 1. The van der Waals surface area contributed by atoms with Crippen LogP contribution in [0.3, 0.4) is 0 Å². The van der Waals surface area contributed by atoms with E-state index in [9.17, 15) is 9.90 Å². The summed E-state index contributed by atoms with van der Waals surface area (Å²) in [7, 11) is 0. The van der Waals surface area contributed by atoms with Crippen LogP contribution >= 0.6 is 0 Å². The molecule has 0 aliphatic rings. The highest BCUT2D eigenvalue weighted by Gasteiger charge is 2.09. The molecule has 1 atom stereocenters. The van der Waals surface area contributed by atoms with Gasteiger partial charge in [-0.05, 0) is 18.1 Å². The van der Waals surface area contributed by atoms with Gasteiger partial charge in [-0.25, -0.2) is 4.68 Å². The molecule has 2 rings (SSSR count). The van der Waals surface area contributed by atoms with Gasteiger partial charge in [-0.2, -0.15) is 5.10 Å². The van der Waals surface area contributed by atoms with Crippen molar-refractivity contribution in [1.82, 2.24) is 9.78 Å². The Bertz CT molecular complexity index is 549. The van der Waals surface area contributed by atoms with Gasteiger partial charge >= 0.3 is 0 Å². The third-order valence-corrected chi connectivity index (χ3v) is 2.54. The number of aliphatic hydroxyl groups excluding tert-OH is 1. The average Bonchev–Trinajstić information content (AvgIpc) is 2.34. The van der Waals surface area contributed by atoms with Crippen LogP contribution in [0.15, 0.2) is 47.4 Å². The lowest BCUT2D eigenvalue weighted by Gasteiger charge is -2.11. The van der Waals surface area contributed by atoms with Crippen LogP contribution in [0.25, 0.3) is 0 Å². The molecule has 1 aromatic carbocycles. The molecule has 0 aliphatic heterocycles. The Morgan fingerprint density at radius 2 is 2.06 bits per heavy atom. The standard InChI is InChI=1S/C13H14N2O2/c1-10-7-13(17)15(14-8-10)9-12(16)11-5-3-2-4-6-11/h2-8,12,16H,9H2,1H3. The monoisotopic (exact) mass is 230 g/mol. The lowest BCUT2D eigenvalue weighted by molar-refractivity contribution is 0.149. The van der Waals surface area contributed by atoms with Crippen molar-refractivity contribution < 1.29 is 5.11 Å². The summed E-state index contributed by atoms with van der Waals surface area (Å²) in [5, 5.41) is 14.0.